The molecule has 0 heterocycles. The number of benzene rings is 1. The predicted octanol–water partition coefficient (Wildman–Crippen LogP) is 3.85. The van der Waals surface area contributed by atoms with Gasteiger partial charge in [-0.2, -0.15) is 18.4 Å². The summed E-state index contributed by atoms with van der Waals surface area (Å²) in [7, 11) is 0. The summed E-state index contributed by atoms with van der Waals surface area (Å²) in [5.41, 5.74) is -1.08. The standard InChI is InChI=1S/C12H10ClF3N2O/c1-2-7(6-17)11(19)18-10-5-8(12(14,15)16)3-4-9(10)13/h3-5,7H,2H2,1H3,(H,18,19). The van der Waals surface area contributed by atoms with E-state index in [2.05, 4.69) is 5.32 Å². The maximum atomic E-state index is 12.5. The van der Waals surface area contributed by atoms with Crippen LogP contribution in [0.25, 0.3) is 0 Å². The molecule has 1 amide bonds. The Morgan fingerprint density at radius 1 is 1.53 bits per heavy atom. The summed E-state index contributed by atoms with van der Waals surface area (Å²) < 4.78 is 37.6. The number of nitrogens with zero attached hydrogens (tertiary/aromatic N) is 1. The van der Waals surface area contributed by atoms with E-state index in [0.717, 1.165) is 18.2 Å². The lowest BCUT2D eigenvalue weighted by Gasteiger charge is -2.12. The first-order chi connectivity index (χ1) is 8.79. The number of halogens is 4. The molecule has 1 aromatic carbocycles. The molecule has 3 nitrogen and oxygen atoms in total. The van der Waals surface area contributed by atoms with Crippen molar-refractivity contribution in [3.8, 4) is 6.07 Å². The molecule has 1 N–H and O–H groups in total. The number of carbonyl (C=O) groups is 1. The van der Waals surface area contributed by atoms with Gasteiger partial charge in [-0.15, -0.1) is 0 Å². The highest BCUT2D eigenvalue weighted by Gasteiger charge is 2.31. The van der Waals surface area contributed by atoms with E-state index in [4.69, 9.17) is 16.9 Å². The first-order valence-electron chi connectivity index (χ1n) is 5.36. The van der Waals surface area contributed by atoms with Crippen molar-refractivity contribution in [3.63, 3.8) is 0 Å². The Hall–Kier alpha value is -1.74. The maximum Gasteiger partial charge on any atom is 0.416 e. The third kappa shape index (κ3) is 3.86. The average Bonchev–Trinajstić information content (AvgIpc) is 2.32. The molecule has 1 rings (SSSR count). The maximum absolute atomic E-state index is 12.5. The largest absolute Gasteiger partial charge is 0.416 e. The molecule has 0 spiro atoms. The zero-order chi connectivity index (χ0) is 14.6. The Bertz CT molecular complexity index is 523. The average molecular weight is 291 g/mol. The number of amides is 1. The highest BCUT2D eigenvalue weighted by Crippen LogP contribution is 2.33. The minimum Gasteiger partial charge on any atom is -0.324 e. The highest BCUT2D eigenvalue weighted by atomic mass is 35.5. The molecule has 0 aromatic heterocycles. The summed E-state index contributed by atoms with van der Waals surface area (Å²) in [6, 6.07) is 4.37. The Kier molecular flexibility index (Phi) is 4.78. The van der Waals surface area contributed by atoms with E-state index in [-0.39, 0.29) is 17.1 Å². The zero-order valence-corrected chi connectivity index (χ0v) is 10.6. The zero-order valence-electron chi connectivity index (χ0n) is 9.88. The normalized spacial score (nSPS) is 12.6. The van der Waals surface area contributed by atoms with Gasteiger partial charge in [-0.1, -0.05) is 18.5 Å². The number of hydrogen-bond acceptors (Lipinski definition) is 2. The van der Waals surface area contributed by atoms with Crippen LogP contribution in [0.3, 0.4) is 0 Å². The van der Waals surface area contributed by atoms with Crippen LogP contribution in [0.15, 0.2) is 18.2 Å². The summed E-state index contributed by atoms with van der Waals surface area (Å²) in [4.78, 5) is 11.6. The van der Waals surface area contributed by atoms with Gasteiger partial charge in [0.25, 0.3) is 0 Å². The monoisotopic (exact) mass is 290 g/mol. The van der Waals surface area contributed by atoms with Crippen LogP contribution in [0.1, 0.15) is 18.9 Å². The molecular formula is C12H10ClF3N2O. The Balaban J connectivity index is 3.02. The quantitative estimate of drug-likeness (QED) is 0.919. The summed E-state index contributed by atoms with van der Waals surface area (Å²) >= 11 is 5.72. The first-order valence-corrected chi connectivity index (χ1v) is 5.74. The van der Waals surface area contributed by atoms with Crippen molar-refractivity contribution in [1.82, 2.24) is 0 Å². The SMILES string of the molecule is CCC(C#N)C(=O)Nc1cc(C(F)(F)F)ccc1Cl. The molecular weight excluding hydrogens is 281 g/mol. The Morgan fingerprint density at radius 2 is 2.16 bits per heavy atom. The van der Waals surface area contributed by atoms with Crippen molar-refractivity contribution in [2.75, 3.05) is 5.32 Å². The molecule has 1 unspecified atom stereocenters. The smallest absolute Gasteiger partial charge is 0.324 e. The molecule has 102 valence electrons. The van der Waals surface area contributed by atoms with Gasteiger partial charge in [0.05, 0.1) is 22.3 Å². The Labute approximate surface area is 113 Å². The molecule has 7 heteroatoms. The van der Waals surface area contributed by atoms with E-state index in [1.54, 1.807) is 13.0 Å². The number of hydrogen-bond donors (Lipinski definition) is 1. The van der Waals surface area contributed by atoms with Crippen LogP contribution in [-0.2, 0) is 11.0 Å². The van der Waals surface area contributed by atoms with Crippen LogP contribution in [0.2, 0.25) is 5.02 Å². The van der Waals surface area contributed by atoms with Gasteiger partial charge in [0.15, 0.2) is 0 Å². The number of anilines is 1. The van der Waals surface area contributed by atoms with Gasteiger partial charge in [-0.3, -0.25) is 4.79 Å². The number of nitriles is 1. The fraction of sp³-hybridized carbons (Fsp3) is 0.333. The summed E-state index contributed by atoms with van der Waals surface area (Å²) in [5, 5.41) is 10.9. The number of alkyl halides is 3. The topological polar surface area (TPSA) is 52.9 Å². The summed E-state index contributed by atoms with van der Waals surface area (Å²) in [6.45, 7) is 1.63. The summed E-state index contributed by atoms with van der Waals surface area (Å²) in [6.07, 6.45) is -4.26. The van der Waals surface area contributed by atoms with Crippen LogP contribution in [0, 0.1) is 17.2 Å². The van der Waals surface area contributed by atoms with Gasteiger partial charge in [0.2, 0.25) is 5.91 Å². The molecule has 0 fully saturated rings. The van der Waals surface area contributed by atoms with Gasteiger partial charge in [0.1, 0.15) is 5.92 Å². The van der Waals surface area contributed by atoms with Gasteiger partial charge in [-0.25, -0.2) is 0 Å². The third-order valence-electron chi connectivity index (χ3n) is 2.43. The van der Waals surface area contributed by atoms with Crippen molar-refractivity contribution >= 4 is 23.2 Å². The molecule has 0 radical (unpaired) electrons. The third-order valence-corrected chi connectivity index (χ3v) is 2.76. The van der Waals surface area contributed by atoms with Crippen LogP contribution in [-0.4, -0.2) is 5.91 Å². The first kappa shape index (κ1) is 15.3. The van der Waals surface area contributed by atoms with Crippen molar-refractivity contribution in [3.05, 3.63) is 28.8 Å². The second-order valence-corrected chi connectivity index (χ2v) is 4.18. The van der Waals surface area contributed by atoms with Crippen LogP contribution < -0.4 is 5.32 Å². The molecule has 1 aromatic rings. The Morgan fingerprint density at radius 3 is 2.63 bits per heavy atom. The number of nitrogens with one attached hydrogen (secondary N) is 1. The lowest BCUT2D eigenvalue weighted by atomic mass is 10.1. The minimum absolute atomic E-state index is 0.0193. The van der Waals surface area contributed by atoms with Crippen LogP contribution in [0.5, 0.6) is 0 Å². The summed E-state index contributed by atoms with van der Waals surface area (Å²) in [5.74, 6) is -1.60. The lowest BCUT2D eigenvalue weighted by Crippen LogP contribution is -2.21. The van der Waals surface area contributed by atoms with Gasteiger partial charge < -0.3 is 5.32 Å². The van der Waals surface area contributed by atoms with Gasteiger partial charge in [0, 0.05) is 0 Å². The fourth-order valence-electron chi connectivity index (χ4n) is 1.35. The van der Waals surface area contributed by atoms with Crippen molar-refractivity contribution in [2.45, 2.75) is 19.5 Å². The van der Waals surface area contributed by atoms with Crippen LogP contribution in [0.4, 0.5) is 18.9 Å². The lowest BCUT2D eigenvalue weighted by molar-refractivity contribution is -0.137. The van der Waals surface area contributed by atoms with Crippen molar-refractivity contribution < 1.29 is 18.0 Å². The van der Waals surface area contributed by atoms with E-state index < -0.39 is 23.6 Å². The molecule has 0 aliphatic carbocycles. The molecule has 0 bridgehead atoms. The molecule has 19 heavy (non-hydrogen) atoms. The molecule has 0 saturated carbocycles. The van der Waals surface area contributed by atoms with Gasteiger partial charge in [-0.05, 0) is 24.6 Å². The van der Waals surface area contributed by atoms with E-state index in [9.17, 15) is 18.0 Å². The molecule has 1 atom stereocenters. The number of carbonyl (C=O) groups excluding carboxylic acids is 1. The van der Waals surface area contributed by atoms with E-state index in [0.29, 0.717) is 0 Å². The highest BCUT2D eigenvalue weighted by molar-refractivity contribution is 6.33. The minimum atomic E-state index is -4.52. The van der Waals surface area contributed by atoms with Crippen LogP contribution >= 0.6 is 11.6 Å². The number of rotatable bonds is 3. The van der Waals surface area contributed by atoms with E-state index >= 15 is 0 Å². The van der Waals surface area contributed by atoms with Crippen molar-refractivity contribution in [2.24, 2.45) is 5.92 Å². The molecule has 0 saturated heterocycles. The second kappa shape index (κ2) is 5.93. The van der Waals surface area contributed by atoms with Crippen molar-refractivity contribution in [1.29, 1.82) is 5.26 Å². The predicted molar refractivity (Wildman–Crippen MR) is 64.5 cm³/mol. The second-order valence-electron chi connectivity index (χ2n) is 3.77. The molecule has 0 aliphatic heterocycles. The molecule has 0 aliphatic rings. The van der Waals surface area contributed by atoms with Gasteiger partial charge >= 0.3 is 6.18 Å². The van der Waals surface area contributed by atoms with E-state index in [1.807, 2.05) is 0 Å². The van der Waals surface area contributed by atoms with E-state index in [1.165, 1.54) is 0 Å². The fourth-order valence-corrected chi connectivity index (χ4v) is 1.52.